The lowest BCUT2D eigenvalue weighted by molar-refractivity contribution is 0.208. The van der Waals surface area contributed by atoms with Crippen LogP contribution in [0, 0.1) is 11.6 Å². The van der Waals surface area contributed by atoms with E-state index in [2.05, 4.69) is 10.3 Å². The standard InChI is InChI=1S/C17H17F2N3O/c1-11(23)9-20-17-21-15-7-2-3-8-16(15)22(17)10-12-13(18)5-4-6-14(12)19/h2-8,11,23H,9-10H2,1H3,(H,20,21). The molecule has 3 aromatic rings. The Morgan fingerprint density at radius 3 is 2.52 bits per heavy atom. The van der Waals surface area contributed by atoms with Crippen LogP contribution in [0.1, 0.15) is 12.5 Å². The first-order chi connectivity index (χ1) is 11.1. The van der Waals surface area contributed by atoms with Gasteiger partial charge < -0.3 is 15.0 Å². The van der Waals surface area contributed by atoms with Gasteiger partial charge in [0.1, 0.15) is 11.6 Å². The van der Waals surface area contributed by atoms with Crippen molar-refractivity contribution in [2.45, 2.75) is 19.6 Å². The molecule has 1 heterocycles. The Balaban J connectivity index is 2.05. The van der Waals surface area contributed by atoms with Crippen LogP contribution in [0.2, 0.25) is 0 Å². The van der Waals surface area contributed by atoms with Crippen molar-refractivity contribution in [2.24, 2.45) is 0 Å². The van der Waals surface area contributed by atoms with Crippen molar-refractivity contribution < 1.29 is 13.9 Å². The van der Waals surface area contributed by atoms with E-state index in [1.165, 1.54) is 18.2 Å². The summed E-state index contributed by atoms with van der Waals surface area (Å²) in [5.74, 6) is -0.719. The third kappa shape index (κ3) is 3.17. The van der Waals surface area contributed by atoms with Crippen LogP contribution >= 0.6 is 0 Å². The highest BCUT2D eigenvalue weighted by Crippen LogP contribution is 2.23. The molecule has 1 aromatic heterocycles. The summed E-state index contributed by atoms with van der Waals surface area (Å²) in [6, 6.07) is 11.2. The molecule has 4 nitrogen and oxygen atoms in total. The molecule has 2 N–H and O–H groups in total. The Morgan fingerprint density at radius 1 is 1.13 bits per heavy atom. The first-order valence-corrected chi connectivity index (χ1v) is 7.36. The fourth-order valence-corrected chi connectivity index (χ4v) is 2.45. The van der Waals surface area contributed by atoms with Gasteiger partial charge in [-0.1, -0.05) is 18.2 Å². The van der Waals surface area contributed by atoms with Crippen molar-refractivity contribution in [3.8, 4) is 0 Å². The van der Waals surface area contributed by atoms with E-state index in [9.17, 15) is 13.9 Å². The maximum atomic E-state index is 14.0. The third-order valence-corrected chi connectivity index (χ3v) is 3.59. The number of fused-ring (bicyclic) bond motifs is 1. The molecule has 0 aliphatic carbocycles. The lowest BCUT2D eigenvalue weighted by atomic mass is 10.2. The highest BCUT2D eigenvalue weighted by Gasteiger charge is 2.15. The van der Waals surface area contributed by atoms with E-state index in [0.29, 0.717) is 12.5 Å². The zero-order valence-corrected chi connectivity index (χ0v) is 12.6. The van der Waals surface area contributed by atoms with Gasteiger partial charge in [-0.15, -0.1) is 0 Å². The van der Waals surface area contributed by atoms with Crippen molar-refractivity contribution in [3.63, 3.8) is 0 Å². The number of rotatable bonds is 5. The molecule has 23 heavy (non-hydrogen) atoms. The zero-order chi connectivity index (χ0) is 16.4. The van der Waals surface area contributed by atoms with E-state index >= 15 is 0 Å². The van der Waals surface area contributed by atoms with Crippen molar-refractivity contribution in [2.75, 3.05) is 11.9 Å². The Kier molecular flexibility index (Phi) is 4.25. The van der Waals surface area contributed by atoms with Gasteiger partial charge in [0, 0.05) is 12.1 Å². The summed E-state index contributed by atoms with van der Waals surface area (Å²) in [5.41, 5.74) is 1.47. The lowest BCUT2D eigenvalue weighted by Gasteiger charge is -2.13. The van der Waals surface area contributed by atoms with Crippen LogP contribution in [0.15, 0.2) is 42.5 Å². The molecule has 2 aromatic carbocycles. The lowest BCUT2D eigenvalue weighted by Crippen LogP contribution is -2.18. The van der Waals surface area contributed by atoms with Crippen molar-refractivity contribution in [1.82, 2.24) is 9.55 Å². The number of hydrogen-bond acceptors (Lipinski definition) is 3. The predicted molar refractivity (Wildman–Crippen MR) is 85.4 cm³/mol. The maximum Gasteiger partial charge on any atom is 0.204 e. The normalized spacial score (nSPS) is 12.5. The fourth-order valence-electron chi connectivity index (χ4n) is 2.45. The van der Waals surface area contributed by atoms with E-state index in [-0.39, 0.29) is 12.1 Å². The van der Waals surface area contributed by atoms with Crippen LogP contribution in [-0.2, 0) is 6.54 Å². The summed E-state index contributed by atoms with van der Waals surface area (Å²) in [7, 11) is 0. The number of nitrogens with zero attached hydrogens (tertiary/aromatic N) is 2. The van der Waals surface area contributed by atoms with Gasteiger partial charge in [0.25, 0.3) is 0 Å². The Bertz CT molecular complexity index is 810. The number of aromatic nitrogens is 2. The van der Waals surface area contributed by atoms with Gasteiger partial charge in [-0.05, 0) is 31.2 Å². The second-order valence-corrected chi connectivity index (χ2v) is 5.44. The number of benzene rings is 2. The number of nitrogens with one attached hydrogen (secondary N) is 1. The average Bonchev–Trinajstić information content (AvgIpc) is 2.87. The monoisotopic (exact) mass is 317 g/mol. The zero-order valence-electron chi connectivity index (χ0n) is 12.6. The molecule has 0 spiro atoms. The topological polar surface area (TPSA) is 50.1 Å². The molecule has 1 atom stereocenters. The molecule has 0 saturated carbocycles. The first-order valence-electron chi connectivity index (χ1n) is 7.36. The fraction of sp³-hybridized carbons (Fsp3) is 0.235. The third-order valence-electron chi connectivity index (χ3n) is 3.59. The van der Waals surface area contributed by atoms with Crippen molar-refractivity contribution in [1.29, 1.82) is 0 Å². The Hall–Kier alpha value is -2.47. The molecular formula is C17H17F2N3O. The summed E-state index contributed by atoms with van der Waals surface area (Å²) in [6.07, 6.45) is -0.562. The largest absolute Gasteiger partial charge is 0.392 e. The van der Waals surface area contributed by atoms with Crippen molar-refractivity contribution >= 4 is 17.0 Å². The minimum atomic E-state index is -0.593. The molecular weight excluding hydrogens is 300 g/mol. The summed E-state index contributed by atoms with van der Waals surface area (Å²) in [4.78, 5) is 4.44. The molecule has 3 rings (SSSR count). The molecule has 0 bridgehead atoms. The molecule has 0 radical (unpaired) electrons. The van der Waals surface area contributed by atoms with Crippen LogP contribution in [0.4, 0.5) is 14.7 Å². The number of imidazole rings is 1. The number of anilines is 1. The van der Waals surface area contributed by atoms with Gasteiger partial charge in [0.2, 0.25) is 5.95 Å². The summed E-state index contributed by atoms with van der Waals surface area (Å²) < 4.78 is 29.6. The second kappa shape index (κ2) is 6.34. The molecule has 0 fully saturated rings. The van der Waals surface area contributed by atoms with E-state index in [1.54, 1.807) is 11.5 Å². The minimum Gasteiger partial charge on any atom is -0.392 e. The highest BCUT2D eigenvalue weighted by atomic mass is 19.1. The van der Waals surface area contributed by atoms with Crippen LogP contribution in [-0.4, -0.2) is 27.3 Å². The molecule has 120 valence electrons. The van der Waals surface area contributed by atoms with Gasteiger partial charge in [-0.25, -0.2) is 13.8 Å². The van der Waals surface area contributed by atoms with Gasteiger partial charge in [0.05, 0.1) is 23.7 Å². The van der Waals surface area contributed by atoms with E-state index < -0.39 is 17.7 Å². The number of aliphatic hydroxyl groups is 1. The number of aliphatic hydroxyl groups excluding tert-OH is 1. The molecule has 6 heteroatoms. The summed E-state index contributed by atoms with van der Waals surface area (Å²) in [6.45, 7) is 1.96. The summed E-state index contributed by atoms with van der Waals surface area (Å²) in [5, 5.41) is 12.5. The van der Waals surface area contributed by atoms with Gasteiger partial charge in [-0.3, -0.25) is 0 Å². The second-order valence-electron chi connectivity index (χ2n) is 5.44. The van der Waals surface area contributed by atoms with Gasteiger partial charge in [0.15, 0.2) is 0 Å². The number of halogens is 2. The minimum absolute atomic E-state index is 0.0150. The Labute approximate surface area is 132 Å². The van der Waals surface area contributed by atoms with E-state index in [1.807, 2.05) is 24.3 Å². The molecule has 0 aliphatic rings. The number of hydrogen-bond donors (Lipinski definition) is 2. The average molecular weight is 317 g/mol. The van der Waals surface area contributed by atoms with Crippen LogP contribution in [0.3, 0.4) is 0 Å². The first kappa shape index (κ1) is 15.4. The molecule has 0 amide bonds. The highest BCUT2D eigenvalue weighted by molar-refractivity contribution is 5.78. The summed E-state index contributed by atoms with van der Waals surface area (Å²) >= 11 is 0. The predicted octanol–water partition coefficient (Wildman–Crippen LogP) is 3.16. The smallest absolute Gasteiger partial charge is 0.204 e. The quantitative estimate of drug-likeness (QED) is 0.760. The number of para-hydroxylation sites is 2. The Morgan fingerprint density at radius 2 is 1.83 bits per heavy atom. The maximum absolute atomic E-state index is 14.0. The van der Waals surface area contributed by atoms with Crippen LogP contribution in [0.5, 0.6) is 0 Å². The van der Waals surface area contributed by atoms with Gasteiger partial charge in [-0.2, -0.15) is 0 Å². The van der Waals surface area contributed by atoms with E-state index in [0.717, 1.165) is 11.0 Å². The SMILES string of the molecule is CC(O)CNc1nc2ccccc2n1Cc1c(F)cccc1F. The molecule has 1 unspecified atom stereocenters. The molecule has 0 saturated heterocycles. The van der Waals surface area contributed by atoms with Crippen LogP contribution in [0.25, 0.3) is 11.0 Å². The van der Waals surface area contributed by atoms with E-state index in [4.69, 9.17) is 0 Å². The van der Waals surface area contributed by atoms with Gasteiger partial charge >= 0.3 is 0 Å². The molecule has 0 aliphatic heterocycles. The van der Waals surface area contributed by atoms with Crippen LogP contribution < -0.4 is 5.32 Å². The van der Waals surface area contributed by atoms with Crippen molar-refractivity contribution in [3.05, 3.63) is 59.7 Å².